The molecule has 8 heteroatoms. The van der Waals surface area contributed by atoms with Gasteiger partial charge in [0.2, 0.25) is 0 Å². The number of carbonyl (C=O) groups is 1. The van der Waals surface area contributed by atoms with Crippen molar-refractivity contribution in [3.05, 3.63) is 52.7 Å². The lowest BCUT2D eigenvalue weighted by Crippen LogP contribution is -2.14. The Labute approximate surface area is 154 Å². The van der Waals surface area contributed by atoms with E-state index in [4.69, 9.17) is 11.6 Å². The van der Waals surface area contributed by atoms with E-state index in [2.05, 4.69) is 29.5 Å². The van der Waals surface area contributed by atoms with Crippen molar-refractivity contribution in [1.29, 1.82) is 0 Å². The summed E-state index contributed by atoms with van der Waals surface area (Å²) in [6.07, 6.45) is -2.24. The highest BCUT2D eigenvalue weighted by atomic mass is 35.5. The fourth-order valence-corrected chi connectivity index (χ4v) is 2.37. The highest BCUT2D eigenvalue weighted by Crippen LogP contribution is 2.36. The highest BCUT2D eigenvalue weighted by molar-refractivity contribution is 6.31. The van der Waals surface area contributed by atoms with Gasteiger partial charge in [-0.25, -0.2) is 4.98 Å². The van der Waals surface area contributed by atoms with Crippen LogP contribution in [-0.4, -0.2) is 17.4 Å². The van der Waals surface area contributed by atoms with Crippen LogP contribution in [0.2, 0.25) is 5.02 Å². The molecule has 1 aromatic heterocycles. The third-order valence-electron chi connectivity index (χ3n) is 3.58. The fourth-order valence-electron chi connectivity index (χ4n) is 2.15. The van der Waals surface area contributed by atoms with E-state index in [9.17, 15) is 18.0 Å². The summed E-state index contributed by atoms with van der Waals surface area (Å²) in [6.45, 7) is 4.99. The summed E-state index contributed by atoms with van der Waals surface area (Å²) in [4.78, 5) is 16.3. The summed E-state index contributed by atoms with van der Waals surface area (Å²) >= 11 is 5.56. The number of alkyl halides is 3. The van der Waals surface area contributed by atoms with Crippen LogP contribution in [0, 0.1) is 5.92 Å². The monoisotopic (exact) mass is 385 g/mol. The van der Waals surface area contributed by atoms with Gasteiger partial charge in [-0.2, -0.15) is 13.2 Å². The number of carbonyl (C=O) groups excluding carboxylic acids is 1. The van der Waals surface area contributed by atoms with Gasteiger partial charge in [0.05, 0.1) is 16.1 Å². The molecule has 2 N–H and O–H groups in total. The summed E-state index contributed by atoms with van der Waals surface area (Å²) in [5, 5.41) is 5.13. The van der Waals surface area contributed by atoms with Crippen LogP contribution in [0.5, 0.6) is 0 Å². The number of pyridine rings is 1. The van der Waals surface area contributed by atoms with Crippen molar-refractivity contribution < 1.29 is 18.0 Å². The van der Waals surface area contributed by atoms with Crippen LogP contribution < -0.4 is 10.6 Å². The number of rotatable bonds is 6. The summed E-state index contributed by atoms with van der Waals surface area (Å²) in [5.74, 6) is 0.642. The standard InChI is InChI=1S/C18H19ClF3N3O/c1-11(2)7-8-23-16-6-3-12(10-24-16)17(26)25-13-4-5-15(19)14(9-13)18(20,21)22/h3-6,9-11H,7-8H2,1-2H3,(H,23,24)(H,25,26). The van der Waals surface area contributed by atoms with Crippen molar-refractivity contribution in [2.24, 2.45) is 5.92 Å². The third kappa shape index (κ3) is 5.62. The molecule has 0 fully saturated rings. The van der Waals surface area contributed by atoms with Gasteiger partial charge in [0, 0.05) is 18.4 Å². The lowest BCUT2D eigenvalue weighted by atomic mass is 10.1. The molecule has 0 saturated heterocycles. The number of hydrogen-bond acceptors (Lipinski definition) is 3. The maximum Gasteiger partial charge on any atom is 0.417 e. The predicted molar refractivity (Wildman–Crippen MR) is 96.6 cm³/mol. The number of benzene rings is 1. The minimum atomic E-state index is -4.59. The molecule has 0 aliphatic heterocycles. The number of nitrogens with one attached hydrogen (secondary N) is 2. The molecule has 0 atom stereocenters. The van der Waals surface area contributed by atoms with Crippen molar-refractivity contribution in [2.75, 3.05) is 17.2 Å². The second-order valence-electron chi connectivity index (χ2n) is 6.19. The van der Waals surface area contributed by atoms with Gasteiger partial charge in [0.25, 0.3) is 5.91 Å². The van der Waals surface area contributed by atoms with Gasteiger partial charge in [-0.15, -0.1) is 0 Å². The van der Waals surface area contributed by atoms with Crippen molar-refractivity contribution in [1.82, 2.24) is 4.98 Å². The first-order chi connectivity index (χ1) is 12.2. The second kappa shape index (κ2) is 8.40. The average Bonchev–Trinajstić information content (AvgIpc) is 2.56. The number of aromatic nitrogens is 1. The minimum absolute atomic E-state index is 0.00543. The predicted octanol–water partition coefficient (Wildman–Crippen LogP) is 5.46. The molecule has 26 heavy (non-hydrogen) atoms. The van der Waals surface area contributed by atoms with Crippen molar-refractivity contribution in [3.63, 3.8) is 0 Å². The van der Waals surface area contributed by atoms with E-state index in [1.165, 1.54) is 12.3 Å². The Hall–Kier alpha value is -2.28. The van der Waals surface area contributed by atoms with Crippen LogP contribution in [0.1, 0.15) is 36.2 Å². The van der Waals surface area contributed by atoms with E-state index in [1.54, 1.807) is 12.1 Å². The number of hydrogen-bond donors (Lipinski definition) is 2. The van der Waals surface area contributed by atoms with E-state index in [0.29, 0.717) is 11.7 Å². The molecule has 0 aliphatic carbocycles. The maximum atomic E-state index is 12.9. The zero-order valence-corrected chi connectivity index (χ0v) is 15.1. The second-order valence-corrected chi connectivity index (χ2v) is 6.60. The van der Waals surface area contributed by atoms with Gasteiger partial charge in [0.15, 0.2) is 0 Å². The summed E-state index contributed by atoms with van der Waals surface area (Å²) < 4.78 is 38.6. The molecule has 0 saturated carbocycles. The van der Waals surface area contributed by atoms with E-state index in [-0.39, 0.29) is 11.3 Å². The molecule has 1 amide bonds. The Kier molecular flexibility index (Phi) is 6.47. The molecule has 4 nitrogen and oxygen atoms in total. The molecule has 2 aromatic rings. The Morgan fingerprint density at radius 3 is 2.54 bits per heavy atom. The summed E-state index contributed by atoms with van der Waals surface area (Å²) in [7, 11) is 0. The quantitative estimate of drug-likeness (QED) is 0.693. The SMILES string of the molecule is CC(C)CCNc1ccc(C(=O)Nc2ccc(Cl)c(C(F)(F)F)c2)cn1. The van der Waals surface area contributed by atoms with Crippen molar-refractivity contribution in [3.8, 4) is 0 Å². The van der Waals surface area contributed by atoms with Gasteiger partial charge >= 0.3 is 6.18 Å². The molecule has 140 valence electrons. The van der Waals surface area contributed by atoms with Gasteiger partial charge in [-0.3, -0.25) is 4.79 Å². The smallest absolute Gasteiger partial charge is 0.370 e. The van der Waals surface area contributed by atoms with Crippen LogP contribution in [0.25, 0.3) is 0 Å². The molecule has 2 rings (SSSR count). The zero-order chi connectivity index (χ0) is 19.3. The van der Waals surface area contributed by atoms with Crippen molar-refractivity contribution >= 4 is 29.0 Å². The molecule has 0 unspecified atom stereocenters. The Balaban J connectivity index is 2.04. The number of anilines is 2. The molecular formula is C18H19ClF3N3O. The van der Waals surface area contributed by atoms with Gasteiger partial charge in [-0.05, 0) is 42.7 Å². The summed E-state index contributed by atoms with van der Waals surface area (Å²) in [6, 6.07) is 6.42. The first-order valence-electron chi connectivity index (χ1n) is 8.05. The van der Waals surface area contributed by atoms with Crippen LogP contribution in [0.3, 0.4) is 0 Å². The topological polar surface area (TPSA) is 54.0 Å². The maximum absolute atomic E-state index is 12.9. The van der Waals surface area contributed by atoms with Gasteiger partial charge in [-0.1, -0.05) is 25.4 Å². The van der Waals surface area contributed by atoms with E-state index >= 15 is 0 Å². The number of halogens is 4. The Morgan fingerprint density at radius 2 is 1.96 bits per heavy atom. The number of nitrogens with zero attached hydrogens (tertiary/aromatic N) is 1. The molecule has 0 aliphatic rings. The zero-order valence-electron chi connectivity index (χ0n) is 14.3. The molecular weight excluding hydrogens is 367 g/mol. The normalized spacial score (nSPS) is 11.5. The number of amides is 1. The Morgan fingerprint density at radius 1 is 1.23 bits per heavy atom. The van der Waals surface area contributed by atoms with Gasteiger partial charge < -0.3 is 10.6 Å². The molecule has 0 bridgehead atoms. The largest absolute Gasteiger partial charge is 0.417 e. The first-order valence-corrected chi connectivity index (χ1v) is 8.42. The van der Waals surface area contributed by atoms with Crippen LogP contribution >= 0.6 is 11.6 Å². The molecule has 1 heterocycles. The van der Waals surface area contributed by atoms with Crippen molar-refractivity contribution in [2.45, 2.75) is 26.4 Å². The van der Waals surface area contributed by atoms with Crippen LogP contribution in [0.4, 0.5) is 24.7 Å². The van der Waals surface area contributed by atoms with Crippen LogP contribution in [-0.2, 0) is 6.18 Å². The van der Waals surface area contributed by atoms with E-state index in [1.807, 2.05) is 0 Å². The molecule has 0 spiro atoms. The van der Waals surface area contributed by atoms with Crippen LogP contribution in [0.15, 0.2) is 36.5 Å². The lowest BCUT2D eigenvalue weighted by Gasteiger charge is -2.12. The Bertz CT molecular complexity index is 761. The van der Waals surface area contributed by atoms with E-state index in [0.717, 1.165) is 25.1 Å². The molecule has 0 radical (unpaired) electrons. The summed E-state index contributed by atoms with van der Waals surface area (Å²) in [5.41, 5.74) is -0.756. The third-order valence-corrected chi connectivity index (χ3v) is 3.91. The lowest BCUT2D eigenvalue weighted by molar-refractivity contribution is -0.137. The first kappa shape index (κ1) is 20.0. The average molecular weight is 386 g/mol. The molecule has 1 aromatic carbocycles. The fraction of sp³-hybridized carbons (Fsp3) is 0.333. The minimum Gasteiger partial charge on any atom is -0.370 e. The van der Waals surface area contributed by atoms with Gasteiger partial charge in [0.1, 0.15) is 5.82 Å². The van der Waals surface area contributed by atoms with E-state index < -0.39 is 22.7 Å². The highest BCUT2D eigenvalue weighted by Gasteiger charge is 2.33.